The topological polar surface area (TPSA) is 69.3 Å². The molecule has 1 aromatic heterocycles. The molecule has 7 aromatic rings. The van der Waals surface area contributed by atoms with Gasteiger partial charge in [0.05, 0.1) is 33.5 Å². The molecular formula is C39H25N3O2. The lowest BCUT2D eigenvalue weighted by Crippen LogP contribution is -2.29. The lowest BCUT2D eigenvalue weighted by Gasteiger charge is -2.27. The molecule has 44 heavy (non-hydrogen) atoms. The number of aromatic nitrogens is 1. The van der Waals surface area contributed by atoms with Crippen LogP contribution < -0.4 is 4.90 Å². The number of anilines is 1. The molecule has 1 aliphatic heterocycles. The summed E-state index contributed by atoms with van der Waals surface area (Å²) >= 11 is 0. The van der Waals surface area contributed by atoms with Crippen molar-refractivity contribution in [2.24, 2.45) is 0 Å². The second-order valence-corrected chi connectivity index (χ2v) is 10.9. The summed E-state index contributed by atoms with van der Waals surface area (Å²) in [5.41, 5.74) is 7.91. The molecule has 0 saturated carbocycles. The fourth-order valence-electron chi connectivity index (χ4n) is 6.65. The van der Waals surface area contributed by atoms with Crippen LogP contribution in [-0.2, 0) is 0 Å². The van der Waals surface area contributed by atoms with E-state index in [1.54, 1.807) is 6.07 Å². The standard InChI is InChI=1S/C39H25N3O2/c40-24-27-16-9-20-31-30-17-7-8-22-33(30)41(36(27)31)34-23-11-21-32-35(34)39(44)42(38(32)43)37-28(25-12-3-1-4-13-25)18-10-19-29(37)26-14-5-2-6-15-26/h1-23,38,43H. The molecule has 0 saturated heterocycles. The quantitative estimate of drug-likeness (QED) is 0.231. The Morgan fingerprint density at radius 2 is 1.23 bits per heavy atom. The molecule has 5 nitrogen and oxygen atoms in total. The van der Waals surface area contributed by atoms with Gasteiger partial charge in [-0.3, -0.25) is 9.69 Å². The van der Waals surface area contributed by atoms with E-state index >= 15 is 0 Å². The Morgan fingerprint density at radius 3 is 1.91 bits per heavy atom. The Bertz CT molecular complexity index is 2220. The predicted octanol–water partition coefficient (Wildman–Crippen LogP) is 8.64. The third-order valence-corrected chi connectivity index (χ3v) is 8.53. The zero-order valence-electron chi connectivity index (χ0n) is 23.6. The van der Waals surface area contributed by atoms with E-state index in [1.807, 2.05) is 138 Å². The minimum atomic E-state index is -1.21. The Balaban J connectivity index is 1.40. The number of carbonyl (C=O) groups excluding carboxylic acids is 1. The van der Waals surface area contributed by atoms with Crippen molar-refractivity contribution in [1.29, 1.82) is 5.26 Å². The molecule has 2 heterocycles. The summed E-state index contributed by atoms with van der Waals surface area (Å²) in [7, 11) is 0. The molecule has 1 N–H and O–H groups in total. The normalized spacial score (nSPS) is 14.2. The van der Waals surface area contributed by atoms with Crippen LogP contribution in [0.25, 0.3) is 49.7 Å². The second-order valence-electron chi connectivity index (χ2n) is 10.9. The number of carbonyl (C=O) groups is 1. The average molecular weight is 568 g/mol. The highest BCUT2D eigenvalue weighted by Gasteiger charge is 2.41. The fourth-order valence-corrected chi connectivity index (χ4v) is 6.65. The van der Waals surface area contributed by atoms with Gasteiger partial charge in [-0.05, 0) is 29.3 Å². The van der Waals surface area contributed by atoms with E-state index in [9.17, 15) is 15.2 Å². The van der Waals surface area contributed by atoms with E-state index in [0.717, 1.165) is 44.1 Å². The summed E-state index contributed by atoms with van der Waals surface area (Å²) < 4.78 is 2.00. The first-order valence-electron chi connectivity index (χ1n) is 14.5. The molecule has 0 bridgehead atoms. The van der Waals surface area contributed by atoms with E-state index in [1.165, 1.54) is 4.90 Å². The number of aliphatic hydroxyl groups excluding tert-OH is 1. The minimum Gasteiger partial charge on any atom is -0.369 e. The molecule has 0 radical (unpaired) electrons. The van der Waals surface area contributed by atoms with Crippen molar-refractivity contribution >= 4 is 33.4 Å². The molecule has 5 heteroatoms. The molecule has 0 spiro atoms. The van der Waals surface area contributed by atoms with E-state index in [-0.39, 0.29) is 5.91 Å². The third kappa shape index (κ3) is 3.72. The monoisotopic (exact) mass is 567 g/mol. The second kappa shape index (κ2) is 10.1. The van der Waals surface area contributed by atoms with Crippen molar-refractivity contribution in [2.45, 2.75) is 6.23 Å². The van der Waals surface area contributed by atoms with Gasteiger partial charge in [-0.2, -0.15) is 5.26 Å². The van der Waals surface area contributed by atoms with Crippen molar-refractivity contribution < 1.29 is 9.90 Å². The van der Waals surface area contributed by atoms with Crippen LogP contribution in [0.2, 0.25) is 0 Å². The Morgan fingerprint density at radius 1 is 0.636 bits per heavy atom. The van der Waals surface area contributed by atoms with E-state index in [0.29, 0.717) is 28.1 Å². The molecule has 208 valence electrons. The smallest absolute Gasteiger partial charge is 0.263 e. The van der Waals surface area contributed by atoms with Crippen LogP contribution in [0.5, 0.6) is 0 Å². The molecule has 1 amide bonds. The number of amides is 1. The Labute approximate surface area is 254 Å². The van der Waals surface area contributed by atoms with Gasteiger partial charge >= 0.3 is 0 Å². The number of para-hydroxylation sites is 3. The number of hydrogen-bond acceptors (Lipinski definition) is 3. The molecule has 0 aliphatic carbocycles. The van der Waals surface area contributed by atoms with Crippen molar-refractivity contribution in [1.82, 2.24) is 4.57 Å². The number of benzene rings is 6. The maximum Gasteiger partial charge on any atom is 0.263 e. The van der Waals surface area contributed by atoms with Gasteiger partial charge in [0.2, 0.25) is 0 Å². The number of hydrogen-bond donors (Lipinski definition) is 1. The number of nitrogens with zero attached hydrogens (tertiary/aromatic N) is 3. The Hall–Kier alpha value is -5.96. The number of fused-ring (bicyclic) bond motifs is 4. The van der Waals surface area contributed by atoms with Crippen molar-refractivity contribution in [3.63, 3.8) is 0 Å². The van der Waals surface area contributed by atoms with Crippen LogP contribution in [0.1, 0.15) is 27.7 Å². The van der Waals surface area contributed by atoms with Gasteiger partial charge in [-0.25, -0.2) is 0 Å². The van der Waals surface area contributed by atoms with Crippen molar-refractivity contribution in [2.75, 3.05) is 4.90 Å². The lowest BCUT2D eigenvalue weighted by molar-refractivity contribution is 0.0936. The predicted molar refractivity (Wildman–Crippen MR) is 175 cm³/mol. The highest BCUT2D eigenvalue weighted by Crippen LogP contribution is 2.48. The van der Waals surface area contributed by atoms with Gasteiger partial charge in [-0.1, -0.05) is 121 Å². The van der Waals surface area contributed by atoms with Gasteiger partial charge in [0.25, 0.3) is 5.91 Å². The maximum atomic E-state index is 14.8. The number of rotatable bonds is 4. The van der Waals surface area contributed by atoms with Gasteiger partial charge in [0.1, 0.15) is 6.07 Å². The van der Waals surface area contributed by atoms with E-state index < -0.39 is 6.23 Å². The fraction of sp³-hybridized carbons (Fsp3) is 0.0256. The SMILES string of the molecule is N#Cc1cccc2c3ccccc3n(-c3cccc4c3C(=O)N(c3c(-c5ccccc5)cccc3-c3ccccc3)C4O)c12. The van der Waals surface area contributed by atoms with Crippen molar-refractivity contribution in [3.8, 4) is 34.0 Å². The maximum absolute atomic E-state index is 14.8. The van der Waals surface area contributed by atoms with Gasteiger partial charge in [-0.15, -0.1) is 0 Å². The highest BCUT2D eigenvalue weighted by molar-refractivity contribution is 6.18. The summed E-state index contributed by atoms with van der Waals surface area (Å²) in [4.78, 5) is 16.3. The molecular weight excluding hydrogens is 542 g/mol. The van der Waals surface area contributed by atoms with Crippen LogP contribution >= 0.6 is 0 Å². The largest absolute Gasteiger partial charge is 0.369 e. The third-order valence-electron chi connectivity index (χ3n) is 8.53. The van der Waals surface area contributed by atoms with Crippen LogP contribution in [-0.4, -0.2) is 15.6 Å². The van der Waals surface area contributed by atoms with Crippen LogP contribution in [0.15, 0.2) is 140 Å². The summed E-state index contributed by atoms with van der Waals surface area (Å²) in [6, 6.07) is 47.4. The number of aliphatic hydroxyl groups is 1. The van der Waals surface area contributed by atoms with Crippen molar-refractivity contribution in [3.05, 3.63) is 156 Å². The van der Waals surface area contributed by atoms with E-state index in [4.69, 9.17) is 0 Å². The summed E-state index contributed by atoms with van der Waals surface area (Å²) in [5.74, 6) is -0.302. The van der Waals surface area contributed by atoms with E-state index in [2.05, 4.69) is 6.07 Å². The van der Waals surface area contributed by atoms with Gasteiger partial charge < -0.3 is 9.67 Å². The van der Waals surface area contributed by atoms with Crippen LogP contribution in [0.4, 0.5) is 5.69 Å². The summed E-state index contributed by atoms with van der Waals surface area (Å²) in [6.45, 7) is 0. The first-order valence-corrected chi connectivity index (χ1v) is 14.5. The lowest BCUT2D eigenvalue weighted by atomic mass is 9.95. The highest BCUT2D eigenvalue weighted by atomic mass is 16.3. The average Bonchev–Trinajstić information content (AvgIpc) is 3.56. The zero-order valence-corrected chi connectivity index (χ0v) is 23.6. The summed E-state index contributed by atoms with van der Waals surface area (Å²) in [6.07, 6.45) is -1.21. The molecule has 1 atom stereocenters. The zero-order chi connectivity index (χ0) is 29.8. The molecule has 1 aliphatic rings. The first kappa shape index (κ1) is 25.7. The van der Waals surface area contributed by atoms with Crippen LogP contribution in [0.3, 0.4) is 0 Å². The number of nitriles is 1. The molecule has 1 unspecified atom stereocenters. The summed E-state index contributed by atoms with van der Waals surface area (Å²) in [5, 5.41) is 24.0. The molecule has 0 fully saturated rings. The Kier molecular flexibility index (Phi) is 5.90. The molecule has 6 aromatic carbocycles. The first-order chi connectivity index (χ1) is 21.7. The minimum absolute atomic E-state index is 0.302. The van der Waals surface area contributed by atoms with Gasteiger partial charge in [0.15, 0.2) is 6.23 Å². The van der Waals surface area contributed by atoms with Gasteiger partial charge in [0, 0.05) is 27.5 Å². The van der Waals surface area contributed by atoms with Crippen LogP contribution in [0, 0.1) is 11.3 Å². The molecule has 8 rings (SSSR count).